The normalized spacial score (nSPS) is 25.4. The number of hydrogen-bond acceptors (Lipinski definition) is 3. The lowest BCUT2D eigenvalue weighted by atomic mass is 9.95. The molecular formula is C20H34N2O3. The molecule has 142 valence electrons. The molecule has 25 heavy (non-hydrogen) atoms. The maximum absolute atomic E-state index is 12.9. The number of likely N-dealkylation sites (tertiary alicyclic amines) is 1. The van der Waals surface area contributed by atoms with E-state index < -0.39 is 0 Å². The van der Waals surface area contributed by atoms with E-state index in [0.29, 0.717) is 32.2 Å². The van der Waals surface area contributed by atoms with Crippen LogP contribution in [0.15, 0.2) is 11.6 Å². The molecule has 1 saturated carbocycles. The van der Waals surface area contributed by atoms with Crippen LogP contribution in [0.4, 0.5) is 0 Å². The summed E-state index contributed by atoms with van der Waals surface area (Å²) in [7, 11) is 1.66. The van der Waals surface area contributed by atoms with Crippen LogP contribution in [0.1, 0.15) is 47.0 Å². The molecule has 0 aromatic carbocycles. The molecule has 2 rings (SSSR count). The SMILES string of the molecule is COCCCNC(=O)C1CCN(C(=O)[C@@H]2[C@H](C=C(C)C)C2(C)C)CC1. The van der Waals surface area contributed by atoms with Gasteiger partial charge < -0.3 is 15.0 Å². The monoisotopic (exact) mass is 350 g/mol. The maximum Gasteiger partial charge on any atom is 0.226 e. The van der Waals surface area contributed by atoms with Gasteiger partial charge in [-0.05, 0) is 44.4 Å². The molecule has 1 N–H and O–H groups in total. The average Bonchev–Trinajstić information content (AvgIpc) is 3.10. The van der Waals surface area contributed by atoms with E-state index in [4.69, 9.17) is 4.74 Å². The summed E-state index contributed by atoms with van der Waals surface area (Å²) < 4.78 is 4.99. The largest absolute Gasteiger partial charge is 0.385 e. The van der Waals surface area contributed by atoms with E-state index in [-0.39, 0.29) is 29.1 Å². The van der Waals surface area contributed by atoms with Gasteiger partial charge in [0, 0.05) is 39.3 Å². The molecule has 0 bridgehead atoms. The molecule has 1 saturated heterocycles. The molecule has 0 unspecified atom stereocenters. The van der Waals surface area contributed by atoms with Gasteiger partial charge in [-0.2, -0.15) is 0 Å². The van der Waals surface area contributed by atoms with Gasteiger partial charge in [0.15, 0.2) is 0 Å². The van der Waals surface area contributed by atoms with Crippen molar-refractivity contribution >= 4 is 11.8 Å². The molecule has 5 heteroatoms. The lowest BCUT2D eigenvalue weighted by Crippen LogP contribution is -2.44. The van der Waals surface area contributed by atoms with E-state index in [1.54, 1.807) is 7.11 Å². The van der Waals surface area contributed by atoms with E-state index in [9.17, 15) is 9.59 Å². The molecule has 1 aliphatic heterocycles. The number of amides is 2. The van der Waals surface area contributed by atoms with Gasteiger partial charge in [0.05, 0.1) is 5.92 Å². The Balaban J connectivity index is 1.79. The first-order valence-electron chi connectivity index (χ1n) is 9.49. The molecule has 2 atom stereocenters. The molecule has 2 fully saturated rings. The van der Waals surface area contributed by atoms with Gasteiger partial charge in [-0.3, -0.25) is 9.59 Å². The summed E-state index contributed by atoms with van der Waals surface area (Å²) in [5.41, 5.74) is 1.33. The number of rotatable bonds is 7. The van der Waals surface area contributed by atoms with Crippen LogP contribution >= 0.6 is 0 Å². The Bertz CT molecular complexity index is 515. The first-order valence-corrected chi connectivity index (χ1v) is 9.49. The van der Waals surface area contributed by atoms with Crippen LogP contribution in [0.5, 0.6) is 0 Å². The Hall–Kier alpha value is -1.36. The number of allylic oxidation sites excluding steroid dienone is 2. The summed E-state index contributed by atoms with van der Waals surface area (Å²) in [6.45, 7) is 11.3. The van der Waals surface area contributed by atoms with E-state index in [1.165, 1.54) is 5.57 Å². The number of carbonyl (C=O) groups is 2. The predicted molar refractivity (Wildman–Crippen MR) is 99.0 cm³/mol. The molecule has 0 radical (unpaired) electrons. The van der Waals surface area contributed by atoms with Gasteiger partial charge in [-0.1, -0.05) is 25.5 Å². The first kappa shape index (κ1) is 20.0. The third kappa shape index (κ3) is 4.84. The fourth-order valence-electron chi connectivity index (χ4n) is 3.95. The predicted octanol–water partition coefficient (Wildman–Crippen LogP) is 2.62. The molecular weight excluding hydrogens is 316 g/mol. The highest BCUT2D eigenvalue weighted by molar-refractivity contribution is 5.84. The molecule has 0 aromatic rings. The van der Waals surface area contributed by atoms with Crippen molar-refractivity contribution in [3.8, 4) is 0 Å². The number of piperidine rings is 1. The smallest absolute Gasteiger partial charge is 0.226 e. The van der Waals surface area contributed by atoms with Crippen LogP contribution in [-0.4, -0.2) is 50.1 Å². The first-order chi connectivity index (χ1) is 11.8. The summed E-state index contributed by atoms with van der Waals surface area (Å²) in [5, 5.41) is 2.98. The Kier molecular flexibility index (Phi) is 6.66. The number of nitrogens with zero attached hydrogens (tertiary/aromatic N) is 1. The van der Waals surface area contributed by atoms with Crippen molar-refractivity contribution < 1.29 is 14.3 Å². The minimum Gasteiger partial charge on any atom is -0.385 e. The van der Waals surface area contributed by atoms with Gasteiger partial charge >= 0.3 is 0 Å². The summed E-state index contributed by atoms with van der Waals surface area (Å²) in [5.74, 6) is 0.879. The van der Waals surface area contributed by atoms with Crippen LogP contribution in [-0.2, 0) is 14.3 Å². The third-order valence-electron chi connectivity index (χ3n) is 5.69. The van der Waals surface area contributed by atoms with Gasteiger partial charge in [0.25, 0.3) is 0 Å². The van der Waals surface area contributed by atoms with E-state index in [2.05, 4.69) is 39.1 Å². The van der Waals surface area contributed by atoms with E-state index in [0.717, 1.165) is 19.3 Å². The zero-order valence-electron chi connectivity index (χ0n) is 16.4. The zero-order chi connectivity index (χ0) is 18.6. The molecule has 1 heterocycles. The van der Waals surface area contributed by atoms with Gasteiger partial charge in [-0.25, -0.2) is 0 Å². The second-order valence-electron chi connectivity index (χ2n) is 8.31. The second-order valence-corrected chi connectivity index (χ2v) is 8.31. The standard InChI is InChI=1S/C20H34N2O3/c1-14(2)13-16-17(20(16,3)4)19(24)22-10-7-15(8-11-22)18(23)21-9-6-12-25-5/h13,15-17H,6-12H2,1-5H3,(H,21,23)/t16-,17-/m0/s1. The fraction of sp³-hybridized carbons (Fsp3) is 0.800. The highest BCUT2D eigenvalue weighted by Gasteiger charge is 2.61. The third-order valence-corrected chi connectivity index (χ3v) is 5.69. The van der Waals surface area contributed by atoms with Crippen molar-refractivity contribution in [3.63, 3.8) is 0 Å². The van der Waals surface area contributed by atoms with Crippen molar-refractivity contribution in [2.45, 2.75) is 47.0 Å². The van der Waals surface area contributed by atoms with E-state index >= 15 is 0 Å². The van der Waals surface area contributed by atoms with Crippen molar-refractivity contribution in [1.29, 1.82) is 0 Å². The van der Waals surface area contributed by atoms with Crippen molar-refractivity contribution in [1.82, 2.24) is 10.2 Å². The highest BCUT2D eigenvalue weighted by Crippen LogP contribution is 2.60. The number of methoxy groups -OCH3 is 1. The number of nitrogens with one attached hydrogen (secondary N) is 1. The molecule has 0 spiro atoms. The minimum atomic E-state index is 0.0346. The zero-order valence-corrected chi connectivity index (χ0v) is 16.4. The van der Waals surface area contributed by atoms with Crippen LogP contribution in [0.25, 0.3) is 0 Å². The lowest BCUT2D eigenvalue weighted by molar-refractivity contribution is -0.137. The Labute approximate surface area is 152 Å². The van der Waals surface area contributed by atoms with Crippen molar-refractivity contribution in [3.05, 3.63) is 11.6 Å². The number of carbonyl (C=O) groups excluding carboxylic acids is 2. The summed E-state index contributed by atoms with van der Waals surface area (Å²) in [6, 6.07) is 0. The molecule has 0 aromatic heterocycles. The number of ether oxygens (including phenoxy) is 1. The topological polar surface area (TPSA) is 58.6 Å². The van der Waals surface area contributed by atoms with Crippen LogP contribution < -0.4 is 5.32 Å². The molecule has 2 amide bonds. The van der Waals surface area contributed by atoms with Gasteiger partial charge in [-0.15, -0.1) is 0 Å². The molecule has 1 aliphatic carbocycles. The molecule has 5 nitrogen and oxygen atoms in total. The average molecular weight is 351 g/mol. The highest BCUT2D eigenvalue weighted by atomic mass is 16.5. The van der Waals surface area contributed by atoms with Crippen LogP contribution in [0.3, 0.4) is 0 Å². The fourth-order valence-corrected chi connectivity index (χ4v) is 3.95. The summed E-state index contributed by atoms with van der Waals surface area (Å²) >= 11 is 0. The minimum absolute atomic E-state index is 0.0346. The summed E-state index contributed by atoms with van der Waals surface area (Å²) in [4.78, 5) is 27.0. The Morgan fingerprint density at radius 2 is 1.88 bits per heavy atom. The second kappa shape index (κ2) is 8.35. The van der Waals surface area contributed by atoms with Gasteiger partial charge in [0.2, 0.25) is 11.8 Å². The van der Waals surface area contributed by atoms with E-state index in [1.807, 2.05) is 4.90 Å². The maximum atomic E-state index is 12.9. The number of hydrogen-bond donors (Lipinski definition) is 1. The summed E-state index contributed by atoms with van der Waals surface area (Å²) in [6.07, 6.45) is 4.61. The van der Waals surface area contributed by atoms with Crippen molar-refractivity contribution in [2.75, 3.05) is 33.4 Å². The van der Waals surface area contributed by atoms with Crippen LogP contribution in [0.2, 0.25) is 0 Å². The van der Waals surface area contributed by atoms with Crippen molar-refractivity contribution in [2.24, 2.45) is 23.2 Å². The molecule has 2 aliphatic rings. The Morgan fingerprint density at radius 1 is 1.24 bits per heavy atom. The van der Waals surface area contributed by atoms with Gasteiger partial charge in [0.1, 0.15) is 0 Å². The quantitative estimate of drug-likeness (QED) is 0.567. The van der Waals surface area contributed by atoms with Crippen LogP contribution in [0, 0.1) is 23.2 Å². The lowest BCUT2D eigenvalue weighted by Gasteiger charge is -2.32. The Morgan fingerprint density at radius 3 is 2.44 bits per heavy atom.